The smallest absolute Gasteiger partial charge is 0.329 e. The maximum Gasteiger partial charge on any atom is 0.329 e. The molecule has 1 aliphatic carbocycles. The van der Waals surface area contributed by atoms with Gasteiger partial charge in [-0.05, 0) is 53.6 Å². The minimum atomic E-state index is -1.12. The summed E-state index contributed by atoms with van der Waals surface area (Å²) >= 11 is 7.91. The van der Waals surface area contributed by atoms with Crippen LogP contribution in [-0.2, 0) is 4.79 Å². The van der Waals surface area contributed by atoms with E-state index in [0.717, 1.165) is 16.4 Å². The average Bonchev–Trinajstić information content (AvgIpc) is 2.82. The van der Waals surface area contributed by atoms with Crippen LogP contribution in [0.1, 0.15) is 36.0 Å². The van der Waals surface area contributed by atoms with E-state index in [1.165, 1.54) is 0 Å². The van der Waals surface area contributed by atoms with Crippen LogP contribution in [0.15, 0.2) is 18.2 Å². The molecule has 4 nitrogen and oxygen atoms in total. The molecule has 0 spiro atoms. The Morgan fingerprint density at radius 2 is 1.95 bits per heavy atom. The first-order valence-corrected chi connectivity index (χ1v) is 7.41. The summed E-state index contributed by atoms with van der Waals surface area (Å²) in [5.41, 5.74) is -0.705. The molecule has 0 unspecified atom stereocenters. The number of benzene rings is 1. The van der Waals surface area contributed by atoms with Gasteiger partial charge in [0.25, 0.3) is 5.91 Å². The summed E-state index contributed by atoms with van der Waals surface area (Å²) in [6.07, 6.45) is 2.59. The fourth-order valence-corrected chi connectivity index (χ4v) is 3.08. The van der Waals surface area contributed by atoms with Crippen molar-refractivity contribution in [3.05, 3.63) is 32.4 Å². The van der Waals surface area contributed by atoms with Gasteiger partial charge in [-0.2, -0.15) is 0 Å². The number of carbonyl (C=O) groups is 2. The molecular weight excluding hydrogens is 381 g/mol. The Morgan fingerprint density at radius 3 is 2.53 bits per heavy atom. The predicted octanol–water partition coefficient (Wildman–Crippen LogP) is 3.07. The molecule has 0 radical (unpaired) electrons. The van der Waals surface area contributed by atoms with Crippen molar-refractivity contribution in [2.24, 2.45) is 0 Å². The number of nitrogens with one attached hydrogen (secondary N) is 1. The summed E-state index contributed by atoms with van der Waals surface area (Å²) < 4.78 is 0.748. The number of halogens is 2. The molecule has 0 heterocycles. The first-order chi connectivity index (χ1) is 8.94. The van der Waals surface area contributed by atoms with Crippen molar-refractivity contribution in [1.82, 2.24) is 5.32 Å². The molecule has 0 aromatic heterocycles. The van der Waals surface area contributed by atoms with E-state index < -0.39 is 11.5 Å². The van der Waals surface area contributed by atoms with Crippen molar-refractivity contribution in [3.63, 3.8) is 0 Å². The zero-order valence-electron chi connectivity index (χ0n) is 10.1. The lowest BCUT2D eigenvalue weighted by Crippen LogP contribution is -2.52. The lowest BCUT2D eigenvalue weighted by Gasteiger charge is -2.25. The van der Waals surface area contributed by atoms with E-state index in [1.54, 1.807) is 18.2 Å². The van der Waals surface area contributed by atoms with E-state index in [4.69, 9.17) is 11.6 Å². The Kier molecular flexibility index (Phi) is 4.35. The van der Waals surface area contributed by atoms with Crippen LogP contribution in [0, 0.1) is 3.57 Å². The summed E-state index contributed by atoms with van der Waals surface area (Å²) in [4.78, 5) is 23.6. The normalized spacial score (nSPS) is 17.2. The second-order valence-corrected chi connectivity index (χ2v) is 6.27. The van der Waals surface area contributed by atoms with E-state index >= 15 is 0 Å². The largest absolute Gasteiger partial charge is 0.480 e. The highest BCUT2D eigenvalue weighted by atomic mass is 127. The van der Waals surface area contributed by atoms with Gasteiger partial charge in [0.05, 0.1) is 5.56 Å². The van der Waals surface area contributed by atoms with Gasteiger partial charge in [0.15, 0.2) is 0 Å². The van der Waals surface area contributed by atoms with Crippen LogP contribution in [-0.4, -0.2) is 22.5 Å². The number of amides is 1. The van der Waals surface area contributed by atoms with Gasteiger partial charge in [0, 0.05) is 8.59 Å². The third kappa shape index (κ3) is 3.02. The SMILES string of the molecule is O=C(NC1(C(=O)O)CCCC1)c1cc(Cl)ccc1I. The summed E-state index contributed by atoms with van der Waals surface area (Å²) in [6, 6.07) is 4.99. The van der Waals surface area contributed by atoms with Gasteiger partial charge in [0.1, 0.15) is 5.54 Å². The molecule has 6 heteroatoms. The molecule has 0 atom stereocenters. The van der Waals surface area contributed by atoms with Gasteiger partial charge >= 0.3 is 5.97 Å². The lowest BCUT2D eigenvalue weighted by atomic mass is 9.97. The number of rotatable bonds is 3. The fraction of sp³-hybridized carbons (Fsp3) is 0.385. The zero-order valence-corrected chi connectivity index (χ0v) is 13.0. The lowest BCUT2D eigenvalue weighted by molar-refractivity contribution is -0.144. The van der Waals surface area contributed by atoms with Crippen molar-refractivity contribution in [2.75, 3.05) is 0 Å². The molecule has 0 aliphatic heterocycles. The third-order valence-electron chi connectivity index (χ3n) is 3.39. The van der Waals surface area contributed by atoms with Crippen molar-refractivity contribution >= 4 is 46.1 Å². The molecule has 2 rings (SSSR count). The standard InChI is InChI=1S/C13H13ClINO3/c14-8-3-4-10(15)9(7-8)11(17)16-13(12(18)19)5-1-2-6-13/h3-4,7H,1-2,5-6H2,(H,16,17)(H,18,19). The Labute approximate surface area is 129 Å². The zero-order chi connectivity index (χ0) is 14.0. The van der Waals surface area contributed by atoms with Crippen molar-refractivity contribution in [1.29, 1.82) is 0 Å². The summed E-state index contributed by atoms with van der Waals surface area (Å²) in [6.45, 7) is 0. The fourth-order valence-electron chi connectivity index (χ4n) is 2.33. The molecule has 1 amide bonds. The molecule has 1 fully saturated rings. The topological polar surface area (TPSA) is 66.4 Å². The Hall–Kier alpha value is -0.820. The molecule has 2 N–H and O–H groups in total. The molecule has 1 saturated carbocycles. The molecule has 1 aromatic carbocycles. The number of hydrogen-bond acceptors (Lipinski definition) is 2. The van der Waals surface area contributed by atoms with Gasteiger partial charge in [-0.25, -0.2) is 4.79 Å². The Balaban J connectivity index is 2.25. The number of carboxylic acid groups (broad SMARTS) is 1. The van der Waals surface area contributed by atoms with Crippen LogP contribution in [0.3, 0.4) is 0 Å². The summed E-state index contributed by atoms with van der Waals surface area (Å²) in [7, 11) is 0. The van der Waals surface area contributed by atoms with E-state index in [0.29, 0.717) is 23.4 Å². The van der Waals surface area contributed by atoms with Crippen LogP contribution in [0.25, 0.3) is 0 Å². The van der Waals surface area contributed by atoms with Gasteiger partial charge < -0.3 is 10.4 Å². The highest BCUT2D eigenvalue weighted by Gasteiger charge is 2.42. The van der Waals surface area contributed by atoms with Crippen LogP contribution < -0.4 is 5.32 Å². The van der Waals surface area contributed by atoms with Crippen LogP contribution in [0.2, 0.25) is 5.02 Å². The number of carboxylic acids is 1. The number of hydrogen-bond donors (Lipinski definition) is 2. The quantitative estimate of drug-likeness (QED) is 0.776. The van der Waals surface area contributed by atoms with Gasteiger partial charge in [-0.3, -0.25) is 4.79 Å². The van der Waals surface area contributed by atoms with Gasteiger partial charge in [0.2, 0.25) is 0 Å². The molecule has 0 saturated heterocycles. The van der Waals surface area contributed by atoms with E-state index in [9.17, 15) is 14.7 Å². The van der Waals surface area contributed by atoms with Crippen molar-refractivity contribution < 1.29 is 14.7 Å². The first-order valence-electron chi connectivity index (χ1n) is 5.95. The highest BCUT2D eigenvalue weighted by molar-refractivity contribution is 14.1. The minimum Gasteiger partial charge on any atom is -0.480 e. The molecule has 19 heavy (non-hydrogen) atoms. The van der Waals surface area contributed by atoms with E-state index in [-0.39, 0.29) is 5.91 Å². The predicted molar refractivity (Wildman–Crippen MR) is 80.5 cm³/mol. The second kappa shape index (κ2) is 5.66. The average molecular weight is 394 g/mol. The third-order valence-corrected chi connectivity index (χ3v) is 4.57. The van der Waals surface area contributed by atoms with Crippen LogP contribution in [0.5, 0.6) is 0 Å². The van der Waals surface area contributed by atoms with Gasteiger partial charge in [-0.15, -0.1) is 0 Å². The first kappa shape index (κ1) is 14.6. The van der Waals surface area contributed by atoms with Gasteiger partial charge in [-0.1, -0.05) is 24.4 Å². The maximum absolute atomic E-state index is 12.2. The minimum absolute atomic E-state index is 0.379. The number of carbonyl (C=O) groups excluding carboxylic acids is 1. The molecule has 1 aliphatic rings. The van der Waals surface area contributed by atoms with Crippen LogP contribution >= 0.6 is 34.2 Å². The maximum atomic E-state index is 12.2. The summed E-state index contributed by atoms with van der Waals surface area (Å²) in [5, 5.41) is 12.5. The Bertz CT molecular complexity index is 527. The molecular formula is C13H13ClINO3. The van der Waals surface area contributed by atoms with Crippen molar-refractivity contribution in [2.45, 2.75) is 31.2 Å². The van der Waals surface area contributed by atoms with E-state index in [2.05, 4.69) is 5.32 Å². The number of aliphatic carboxylic acids is 1. The van der Waals surface area contributed by atoms with Crippen molar-refractivity contribution in [3.8, 4) is 0 Å². The van der Waals surface area contributed by atoms with E-state index in [1.807, 2.05) is 22.6 Å². The highest BCUT2D eigenvalue weighted by Crippen LogP contribution is 2.30. The molecule has 1 aromatic rings. The second-order valence-electron chi connectivity index (χ2n) is 4.67. The molecule has 0 bridgehead atoms. The van der Waals surface area contributed by atoms with Crippen LogP contribution in [0.4, 0.5) is 0 Å². The monoisotopic (exact) mass is 393 g/mol. The summed E-state index contributed by atoms with van der Waals surface area (Å²) in [5.74, 6) is -1.34. The molecule has 102 valence electrons. The Morgan fingerprint density at radius 1 is 1.32 bits per heavy atom.